The fraction of sp³-hybridized carbons (Fsp3) is 0.364. The maximum atomic E-state index is 14.9. The summed E-state index contributed by atoms with van der Waals surface area (Å²) in [5.41, 5.74) is 3.44. The molecule has 0 spiro atoms. The Hall–Kier alpha value is -2.09. The Kier molecular flexibility index (Phi) is 4.97. The Morgan fingerprint density at radius 3 is 3.00 bits per heavy atom. The van der Waals surface area contributed by atoms with Crippen molar-refractivity contribution in [1.82, 2.24) is 14.9 Å². The first kappa shape index (κ1) is 18.9. The molecule has 4 heterocycles. The predicted octanol–water partition coefficient (Wildman–Crippen LogP) is 6.38. The number of anilines is 2. The molecule has 0 bridgehead atoms. The van der Waals surface area contributed by atoms with Gasteiger partial charge in [-0.3, -0.25) is 0 Å². The van der Waals surface area contributed by atoms with E-state index in [1.165, 1.54) is 35.6 Å². The smallest absolute Gasteiger partial charge is 0.173 e. The van der Waals surface area contributed by atoms with Crippen molar-refractivity contribution >= 4 is 54.5 Å². The Morgan fingerprint density at radius 2 is 2.14 bits per heavy atom. The maximum absolute atomic E-state index is 14.9. The molecule has 1 N–H and O–H groups in total. The number of nitrogens with zero attached hydrogens (tertiary/aromatic N) is 3. The second kappa shape index (κ2) is 7.63. The van der Waals surface area contributed by atoms with Crippen LogP contribution in [0.15, 0.2) is 36.0 Å². The number of likely N-dealkylation sites (tertiary alicyclic amines) is 1. The van der Waals surface area contributed by atoms with Gasteiger partial charge in [0.2, 0.25) is 0 Å². The van der Waals surface area contributed by atoms with E-state index >= 15 is 0 Å². The largest absolute Gasteiger partial charge is 0.352 e. The van der Waals surface area contributed by atoms with Crippen molar-refractivity contribution in [3.05, 3.63) is 46.7 Å². The number of rotatable bonds is 4. The predicted molar refractivity (Wildman–Crippen MR) is 121 cm³/mol. The molecule has 5 rings (SSSR count). The molecule has 1 aliphatic heterocycles. The van der Waals surface area contributed by atoms with Crippen molar-refractivity contribution in [3.63, 3.8) is 0 Å². The zero-order valence-electron chi connectivity index (χ0n) is 16.5. The normalized spacial score (nSPS) is 20.5. The van der Waals surface area contributed by atoms with E-state index in [0.29, 0.717) is 23.2 Å². The van der Waals surface area contributed by atoms with Gasteiger partial charge in [0.05, 0.1) is 21.6 Å². The molecule has 3 aromatic heterocycles. The third-order valence-corrected chi connectivity index (χ3v) is 8.02. The molecule has 0 radical (unpaired) electrons. The standard InChI is InChI=1S/C22H23FN4S2/c1-3-27-10-4-5-14(13(27)2)19-11-15-16(8-9-24-22(15)29-19)26-17-6-7-18-21(20(17)23)25-12-28-18/h6-9,11-14H,3-5,10H2,1-2H3,(H,24,26)/t13-,14+/m0/s1. The second-order valence-electron chi connectivity index (χ2n) is 7.60. The van der Waals surface area contributed by atoms with Crippen LogP contribution in [0.25, 0.3) is 20.4 Å². The highest BCUT2D eigenvalue weighted by Crippen LogP contribution is 2.40. The summed E-state index contributed by atoms with van der Waals surface area (Å²) in [6, 6.07) is 8.42. The molecule has 4 aromatic rings. The Bertz CT molecular complexity index is 1170. The minimum absolute atomic E-state index is 0.302. The molecule has 0 saturated carbocycles. The Labute approximate surface area is 177 Å². The Morgan fingerprint density at radius 1 is 1.24 bits per heavy atom. The number of likely N-dealkylation sites (N-methyl/N-ethyl adjacent to an activating group) is 1. The van der Waals surface area contributed by atoms with Crippen molar-refractivity contribution in [2.75, 3.05) is 18.4 Å². The van der Waals surface area contributed by atoms with E-state index in [1.54, 1.807) is 29.1 Å². The van der Waals surface area contributed by atoms with Gasteiger partial charge in [0.1, 0.15) is 10.3 Å². The Balaban J connectivity index is 1.51. The molecular formula is C22H23FN4S2. The maximum Gasteiger partial charge on any atom is 0.173 e. The van der Waals surface area contributed by atoms with E-state index in [4.69, 9.17) is 0 Å². The topological polar surface area (TPSA) is 41.0 Å². The van der Waals surface area contributed by atoms with Gasteiger partial charge in [-0.2, -0.15) is 0 Å². The number of hydrogen-bond donors (Lipinski definition) is 1. The highest BCUT2D eigenvalue weighted by molar-refractivity contribution is 7.18. The lowest BCUT2D eigenvalue weighted by Crippen LogP contribution is -2.41. The quantitative estimate of drug-likeness (QED) is 0.411. The van der Waals surface area contributed by atoms with Crippen molar-refractivity contribution in [1.29, 1.82) is 0 Å². The number of fused-ring (bicyclic) bond motifs is 2. The molecule has 2 atom stereocenters. The number of benzene rings is 1. The molecule has 1 fully saturated rings. The van der Waals surface area contributed by atoms with Gasteiger partial charge in [0, 0.05) is 28.4 Å². The van der Waals surface area contributed by atoms with Crippen LogP contribution in [-0.4, -0.2) is 34.0 Å². The monoisotopic (exact) mass is 426 g/mol. The molecule has 0 amide bonds. The molecule has 0 aliphatic carbocycles. The number of pyridine rings is 1. The zero-order chi connectivity index (χ0) is 20.0. The van der Waals surface area contributed by atoms with Gasteiger partial charge < -0.3 is 10.2 Å². The van der Waals surface area contributed by atoms with Gasteiger partial charge in [-0.25, -0.2) is 14.4 Å². The van der Waals surface area contributed by atoms with Crippen molar-refractivity contribution in [2.45, 2.75) is 38.6 Å². The van der Waals surface area contributed by atoms with Crippen LogP contribution in [0.5, 0.6) is 0 Å². The van der Waals surface area contributed by atoms with E-state index in [2.05, 4.69) is 40.1 Å². The summed E-state index contributed by atoms with van der Waals surface area (Å²) in [7, 11) is 0. The van der Waals surface area contributed by atoms with E-state index in [0.717, 1.165) is 27.1 Å². The lowest BCUT2D eigenvalue weighted by molar-refractivity contribution is 0.148. The highest BCUT2D eigenvalue weighted by Gasteiger charge is 2.29. The van der Waals surface area contributed by atoms with Crippen LogP contribution in [0.1, 0.15) is 37.5 Å². The lowest BCUT2D eigenvalue weighted by Gasteiger charge is -2.38. The average molecular weight is 427 g/mol. The van der Waals surface area contributed by atoms with Crippen LogP contribution in [-0.2, 0) is 0 Å². The molecule has 4 nitrogen and oxygen atoms in total. The number of aromatic nitrogens is 2. The van der Waals surface area contributed by atoms with Gasteiger partial charge in [-0.1, -0.05) is 6.92 Å². The number of thiazole rings is 1. The molecule has 1 aliphatic rings. The van der Waals surface area contributed by atoms with Crippen molar-refractivity contribution < 1.29 is 4.39 Å². The fourth-order valence-electron chi connectivity index (χ4n) is 4.43. The number of halogens is 1. The second-order valence-corrected chi connectivity index (χ2v) is 9.54. The third-order valence-electron chi connectivity index (χ3n) is 6.06. The summed E-state index contributed by atoms with van der Waals surface area (Å²) in [5.74, 6) is 0.225. The summed E-state index contributed by atoms with van der Waals surface area (Å²) >= 11 is 3.22. The minimum atomic E-state index is -0.302. The van der Waals surface area contributed by atoms with Gasteiger partial charge in [0.15, 0.2) is 5.82 Å². The van der Waals surface area contributed by atoms with Crippen LogP contribution < -0.4 is 5.32 Å². The molecule has 1 aromatic carbocycles. The molecule has 7 heteroatoms. The number of nitrogens with one attached hydrogen (secondary N) is 1. The summed E-state index contributed by atoms with van der Waals surface area (Å²) in [6.07, 6.45) is 4.24. The molecule has 150 valence electrons. The van der Waals surface area contributed by atoms with Gasteiger partial charge >= 0.3 is 0 Å². The van der Waals surface area contributed by atoms with Gasteiger partial charge in [-0.05, 0) is 57.1 Å². The number of piperidine rings is 1. The minimum Gasteiger partial charge on any atom is -0.352 e. The van der Waals surface area contributed by atoms with Crippen LogP contribution in [0, 0.1) is 5.82 Å². The van der Waals surface area contributed by atoms with E-state index in [9.17, 15) is 4.39 Å². The summed E-state index contributed by atoms with van der Waals surface area (Å²) in [4.78, 5) is 13.7. The summed E-state index contributed by atoms with van der Waals surface area (Å²) < 4.78 is 15.7. The number of hydrogen-bond acceptors (Lipinski definition) is 6. The van der Waals surface area contributed by atoms with Crippen LogP contribution >= 0.6 is 22.7 Å². The van der Waals surface area contributed by atoms with Crippen LogP contribution in [0.2, 0.25) is 0 Å². The molecule has 29 heavy (non-hydrogen) atoms. The third kappa shape index (κ3) is 3.31. The first-order chi connectivity index (χ1) is 14.2. The molecular weight excluding hydrogens is 403 g/mol. The van der Waals surface area contributed by atoms with Crippen LogP contribution in [0.3, 0.4) is 0 Å². The first-order valence-electron chi connectivity index (χ1n) is 10.1. The summed E-state index contributed by atoms with van der Waals surface area (Å²) in [5, 5.41) is 4.35. The highest BCUT2D eigenvalue weighted by atomic mass is 32.1. The fourth-order valence-corrected chi connectivity index (χ4v) is 6.36. The van der Waals surface area contributed by atoms with Gasteiger partial charge in [-0.15, -0.1) is 22.7 Å². The lowest BCUT2D eigenvalue weighted by atomic mass is 9.89. The average Bonchev–Trinajstić information content (AvgIpc) is 3.38. The van der Waals surface area contributed by atoms with Crippen molar-refractivity contribution in [2.24, 2.45) is 0 Å². The molecule has 0 unspecified atom stereocenters. The van der Waals surface area contributed by atoms with E-state index < -0.39 is 0 Å². The summed E-state index contributed by atoms with van der Waals surface area (Å²) in [6.45, 7) is 6.85. The molecule has 1 saturated heterocycles. The van der Waals surface area contributed by atoms with Gasteiger partial charge in [0.25, 0.3) is 0 Å². The van der Waals surface area contributed by atoms with E-state index in [-0.39, 0.29) is 5.82 Å². The first-order valence-corrected chi connectivity index (χ1v) is 11.8. The zero-order valence-corrected chi connectivity index (χ0v) is 18.1. The van der Waals surface area contributed by atoms with Crippen LogP contribution in [0.4, 0.5) is 15.8 Å². The number of thiophene rings is 1. The van der Waals surface area contributed by atoms with Crippen molar-refractivity contribution in [3.8, 4) is 0 Å². The van der Waals surface area contributed by atoms with E-state index in [1.807, 2.05) is 12.1 Å². The SMILES string of the molecule is CCN1CCC[C@@H](c2cc3c(Nc4ccc5scnc5c4F)ccnc3s2)[C@@H]1C.